The molecule has 2 aliphatic heterocycles. The van der Waals surface area contributed by atoms with Gasteiger partial charge in [-0.25, -0.2) is 9.87 Å². The third-order valence-corrected chi connectivity index (χ3v) is 12.6. The summed E-state index contributed by atoms with van der Waals surface area (Å²) in [6.07, 6.45) is -0.162. The summed E-state index contributed by atoms with van der Waals surface area (Å²) in [6.45, 7) is 16.3. The van der Waals surface area contributed by atoms with E-state index in [4.69, 9.17) is 32.8 Å². The van der Waals surface area contributed by atoms with Crippen molar-refractivity contribution in [3.05, 3.63) is 98.8 Å². The molecule has 4 atom stereocenters. The Labute approximate surface area is 306 Å². The smallest absolute Gasteiger partial charge is 0.245 e. The second-order valence-corrected chi connectivity index (χ2v) is 21.5. The van der Waals surface area contributed by atoms with Crippen LogP contribution >= 0.6 is 23.2 Å². The zero-order chi connectivity index (χ0) is 37.2. The van der Waals surface area contributed by atoms with Crippen LogP contribution in [0.4, 0.5) is 10.1 Å². The molecule has 0 aromatic heterocycles. The van der Waals surface area contributed by atoms with Gasteiger partial charge in [0.2, 0.25) is 17.7 Å². The maximum Gasteiger partial charge on any atom is 0.245 e. The van der Waals surface area contributed by atoms with E-state index in [1.54, 1.807) is 75.2 Å². The zero-order valence-electron chi connectivity index (χ0n) is 30.2. The summed E-state index contributed by atoms with van der Waals surface area (Å²) >= 11 is 12.8. The largest absolute Gasteiger partial charge is 0.385 e. The quantitative estimate of drug-likeness (QED) is 0.178. The maximum atomic E-state index is 14.7. The molecular formula is C38H48Cl2FN3O5Si. The molecule has 1 fully saturated rings. The van der Waals surface area contributed by atoms with Crippen molar-refractivity contribution < 1.29 is 28.3 Å². The van der Waals surface area contributed by atoms with Gasteiger partial charge in [0, 0.05) is 53.9 Å². The Kier molecular flexibility index (Phi) is 12.3. The van der Waals surface area contributed by atoms with Crippen molar-refractivity contribution in [2.45, 2.75) is 95.8 Å². The number of amides is 3. The van der Waals surface area contributed by atoms with Gasteiger partial charge in [0.05, 0.1) is 19.7 Å². The number of nitrogens with zero attached hydrogens (tertiary/aromatic N) is 1. The number of halogens is 3. The number of hydrogen-bond acceptors (Lipinski definition) is 5. The van der Waals surface area contributed by atoms with Crippen molar-refractivity contribution in [3.63, 3.8) is 0 Å². The number of rotatable bonds is 8. The van der Waals surface area contributed by atoms with E-state index in [2.05, 4.69) is 37.4 Å². The standard InChI is InChI=1S/C32H32Cl2FN3O4.C6H16OSi/c1-18-8-10-22(35)16-23(18)25-17-28(40)38(13-12-27(39)37-42-31(2,3)4)29(19-6-5-7-20(33)14-19)32(25)24-11-9-21(34)15-26(24)36-30(32)41;1-6(7-2)8(3,4)5/h5-11,14-16,25,29H,12-13,17H2,1-4H3,(H,36,41)(H,37,39);6H,1-5H3/t25-,29+,32-;/m1./s1. The fraction of sp³-hybridized carbons (Fsp3) is 0.447. The first kappa shape index (κ1) is 39.5. The number of anilines is 1. The van der Waals surface area contributed by atoms with Gasteiger partial charge in [-0.1, -0.05) is 67.1 Å². The number of piperidine rings is 1. The molecule has 0 bridgehead atoms. The molecule has 5 rings (SSSR count). The summed E-state index contributed by atoms with van der Waals surface area (Å²) in [7, 11) is 0.798. The van der Waals surface area contributed by atoms with Gasteiger partial charge in [0.1, 0.15) is 11.2 Å². The Morgan fingerprint density at radius 2 is 1.76 bits per heavy atom. The van der Waals surface area contributed by atoms with Crippen LogP contribution in [0, 0.1) is 12.7 Å². The van der Waals surface area contributed by atoms with Gasteiger partial charge in [-0.2, -0.15) is 0 Å². The summed E-state index contributed by atoms with van der Waals surface area (Å²) in [5.41, 5.74) is 4.01. The van der Waals surface area contributed by atoms with Crippen LogP contribution in [0.15, 0.2) is 60.7 Å². The molecule has 1 saturated heterocycles. The molecule has 2 aliphatic rings. The average Bonchev–Trinajstić information content (AvgIpc) is 3.30. The molecule has 1 unspecified atom stereocenters. The molecule has 3 aromatic rings. The maximum absolute atomic E-state index is 14.7. The molecule has 8 nitrogen and oxygen atoms in total. The average molecular weight is 745 g/mol. The minimum absolute atomic E-state index is 0.00214. The second-order valence-electron chi connectivity index (χ2n) is 15.0. The molecular weight excluding hydrogens is 696 g/mol. The van der Waals surface area contributed by atoms with E-state index in [0.29, 0.717) is 38.2 Å². The van der Waals surface area contributed by atoms with E-state index in [1.807, 2.05) is 13.0 Å². The van der Waals surface area contributed by atoms with Gasteiger partial charge in [-0.3, -0.25) is 19.2 Å². The lowest BCUT2D eigenvalue weighted by atomic mass is 9.58. The van der Waals surface area contributed by atoms with Gasteiger partial charge < -0.3 is 15.0 Å². The molecule has 50 heavy (non-hydrogen) atoms. The Balaban J connectivity index is 0.000000627. The Bertz CT molecular complexity index is 1740. The predicted molar refractivity (Wildman–Crippen MR) is 200 cm³/mol. The molecule has 0 radical (unpaired) electrons. The van der Waals surface area contributed by atoms with Gasteiger partial charge >= 0.3 is 0 Å². The van der Waals surface area contributed by atoms with Crippen molar-refractivity contribution in [1.29, 1.82) is 0 Å². The SMILES string of the molecule is COC(C)[Si](C)(C)C.Cc1ccc(F)cc1[C@H]1CC(=O)N(CCC(=O)NOC(C)(C)C)[C@@H](c2cccc(Cl)c2)[C@]12C(=O)Nc1cc(Cl)ccc12. The van der Waals surface area contributed by atoms with E-state index < -0.39 is 42.8 Å². The van der Waals surface area contributed by atoms with Crippen LogP contribution in [0.1, 0.15) is 74.8 Å². The first-order valence-corrected chi connectivity index (χ1v) is 21.0. The molecule has 0 saturated carbocycles. The molecule has 2 N–H and O–H groups in total. The number of aryl methyl sites for hydroxylation is 1. The molecule has 3 amide bonds. The van der Waals surface area contributed by atoms with Crippen molar-refractivity contribution in [1.82, 2.24) is 10.4 Å². The van der Waals surface area contributed by atoms with Crippen molar-refractivity contribution in [3.8, 4) is 0 Å². The lowest BCUT2D eigenvalue weighted by Gasteiger charge is -2.52. The number of hydrogen-bond donors (Lipinski definition) is 2. The van der Waals surface area contributed by atoms with Crippen molar-refractivity contribution in [2.24, 2.45) is 0 Å². The van der Waals surface area contributed by atoms with Crippen molar-refractivity contribution >= 4 is 54.7 Å². The highest BCUT2D eigenvalue weighted by atomic mass is 35.5. The highest BCUT2D eigenvalue weighted by Crippen LogP contribution is 2.60. The minimum Gasteiger partial charge on any atom is -0.385 e. The lowest BCUT2D eigenvalue weighted by molar-refractivity contribution is -0.149. The number of nitrogens with one attached hydrogen (secondary N) is 2. The second kappa shape index (κ2) is 15.5. The van der Waals surface area contributed by atoms with Crippen LogP contribution in [0.5, 0.6) is 0 Å². The third-order valence-electron chi connectivity index (χ3n) is 9.45. The zero-order valence-corrected chi connectivity index (χ0v) is 32.8. The molecule has 12 heteroatoms. The van der Waals surface area contributed by atoms with Crippen LogP contribution in [0.2, 0.25) is 29.7 Å². The van der Waals surface area contributed by atoms with Crippen molar-refractivity contribution in [2.75, 3.05) is 19.0 Å². The summed E-state index contributed by atoms with van der Waals surface area (Å²) in [5.74, 6) is -2.25. The molecule has 3 aromatic carbocycles. The number of benzene rings is 3. The predicted octanol–water partition coefficient (Wildman–Crippen LogP) is 8.52. The monoisotopic (exact) mass is 743 g/mol. The number of ether oxygens (including phenoxy) is 1. The van der Waals surface area contributed by atoms with Crippen LogP contribution in [0.3, 0.4) is 0 Å². The molecule has 270 valence electrons. The fourth-order valence-corrected chi connectivity index (χ4v) is 7.61. The van der Waals surface area contributed by atoms with Crippen LogP contribution in [-0.4, -0.2) is 55.7 Å². The van der Waals surface area contributed by atoms with Crippen LogP contribution in [-0.2, 0) is 29.4 Å². The third kappa shape index (κ3) is 8.59. The summed E-state index contributed by atoms with van der Waals surface area (Å²) in [5, 5.41) is 3.85. The minimum atomic E-state index is -1.39. The van der Waals surface area contributed by atoms with Gasteiger partial charge in [0.25, 0.3) is 0 Å². The normalized spacial score (nSPS) is 20.9. The Morgan fingerprint density at radius 1 is 1.08 bits per heavy atom. The summed E-state index contributed by atoms with van der Waals surface area (Å²) < 4.78 is 19.9. The highest BCUT2D eigenvalue weighted by Gasteiger charge is 2.63. The molecule has 2 heterocycles. The molecule has 1 spiro atoms. The van der Waals surface area contributed by atoms with Crippen LogP contribution in [0.25, 0.3) is 0 Å². The Hall–Kier alpha value is -3.28. The van der Waals surface area contributed by atoms with Crippen LogP contribution < -0.4 is 10.8 Å². The summed E-state index contributed by atoms with van der Waals surface area (Å²) in [6, 6.07) is 15.7. The number of fused-ring (bicyclic) bond motifs is 2. The Morgan fingerprint density at radius 3 is 2.36 bits per heavy atom. The van der Waals surface area contributed by atoms with E-state index >= 15 is 0 Å². The van der Waals surface area contributed by atoms with Gasteiger partial charge in [0.15, 0.2) is 0 Å². The van der Waals surface area contributed by atoms with Gasteiger partial charge in [-0.15, -0.1) is 0 Å². The first-order chi connectivity index (χ1) is 23.3. The topological polar surface area (TPSA) is 97.0 Å². The first-order valence-electron chi connectivity index (χ1n) is 16.7. The number of methoxy groups -OCH3 is 1. The number of carbonyl (C=O) groups is 3. The fourth-order valence-electron chi connectivity index (χ4n) is 6.53. The lowest BCUT2D eigenvalue weighted by Crippen LogP contribution is -2.58. The van der Waals surface area contributed by atoms with E-state index in [9.17, 15) is 18.8 Å². The highest BCUT2D eigenvalue weighted by molar-refractivity contribution is 6.77. The van der Waals surface area contributed by atoms with E-state index in [0.717, 1.165) is 5.56 Å². The van der Waals surface area contributed by atoms with E-state index in [-0.39, 0.29) is 31.2 Å². The molecule has 0 aliphatic carbocycles. The number of hydroxylamine groups is 1. The summed E-state index contributed by atoms with van der Waals surface area (Å²) in [4.78, 5) is 48.3. The van der Waals surface area contributed by atoms with Gasteiger partial charge in [-0.05, 0) is 93.3 Å². The van der Waals surface area contributed by atoms with E-state index in [1.165, 1.54) is 12.1 Å². The number of likely N-dealkylation sites (tertiary alicyclic amines) is 1. The number of carbonyl (C=O) groups excluding carboxylic acids is 3.